The monoisotopic (exact) mass is 254 g/mol. The Kier molecular flexibility index (Phi) is 5.35. The summed E-state index contributed by atoms with van der Waals surface area (Å²) in [6, 6.07) is -0.436. The summed E-state index contributed by atoms with van der Waals surface area (Å²) in [7, 11) is 1.62. The molecular weight excluding hydrogens is 228 g/mol. The summed E-state index contributed by atoms with van der Waals surface area (Å²) >= 11 is 0. The zero-order chi connectivity index (χ0) is 13.8. The second kappa shape index (κ2) is 6.34. The average molecular weight is 254 g/mol. The molecule has 0 radical (unpaired) electrons. The second-order valence-electron chi connectivity index (χ2n) is 5.90. The van der Waals surface area contributed by atoms with E-state index in [0.717, 1.165) is 13.0 Å². The summed E-state index contributed by atoms with van der Waals surface area (Å²) in [4.78, 5) is 13.9. The summed E-state index contributed by atoms with van der Waals surface area (Å²) in [5.74, 6) is 0.0382. The topological polar surface area (TPSA) is 55.6 Å². The Morgan fingerprint density at radius 1 is 1.56 bits per heavy atom. The maximum Gasteiger partial charge on any atom is 0.239 e. The number of amides is 1. The Morgan fingerprint density at radius 2 is 2.22 bits per heavy atom. The van der Waals surface area contributed by atoms with Crippen molar-refractivity contribution in [3.63, 3.8) is 0 Å². The van der Waals surface area contributed by atoms with Gasteiger partial charge in [-0.15, -0.1) is 0 Å². The molecule has 1 atom stereocenters. The van der Waals surface area contributed by atoms with Crippen LogP contribution in [0.4, 0.5) is 0 Å². The van der Waals surface area contributed by atoms with Crippen LogP contribution in [0.2, 0.25) is 0 Å². The zero-order valence-corrected chi connectivity index (χ0v) is 12.0. The minimum absolute atomic E-state index is 0.0382. The van der Waals surface area contributed by atoms with Gasteiger partial charge in [0.2, 0.25) is 5.91 Å². The fourth-order valence-corrected chi connectivity index (χ4v) is 2.15. The predicted molar refractivity (Wildman–Crippen MR) is 73.2 cm³/mol. The van der Waals surface area contributed by atoms with E-state index in [4.69, 9.17) is 10.5 Å². The van der Waals surface area contributed by atoms with Crippen LogP contribution in [0.25, 0.3) is 0 Å². The number of ether oxygens (including phenoxy) is 1. The molecule has 1 aliphatic rings. The standard InChI is InChI=1S/C14H26N2O2/c1-14(2,3)11-5-8-16(9-6-11)13(17)12(15)7-10-18-4/h5,12H,6-10,15H2,1-4H3. The SMILES string of the molecule is COCCC(N)C(=O)N1CC=C(C(C)(C)C)CC1. The first-order valence-corrected chi connectivity index (χ1v) is 6.59. The first-order valence-electron chi connectivity index (χ1n) is 6.59. The van der Waals surface area contributed by atoms with Crippen LogP contribution < -0.4 is 5.73 Å². The minimum atomic E-state index is -0.436. The number of methoxy groups -OCH3 is 1. The number of nitrogens with two attached hydrogens (primary N) is 1. The number of nitrogens with zero attached hydrogens (tertiary/aromatic N) is 1. The first-order chi connectivity index (χ1) is 8.36. The molecule has 1 rings (SSSR count). The van der Waals surface area contributed by atoms with Gasteiger partial charge in [0.1, 0.15) is 0 Å². The van der Waals surface area contributed by atoms with Gasteiger partial charge in [-0.3, -0.25) is 4.79 Å². The third-order valence-electron chi connectivity index (χ3n) is 3.43. The van der Waals surface area contributed by atoms with Gasteiger partial charge in [0.25, 0.3) is 0 Å². The molecule has 1 heterocycles. The van der Waals surface area contributed by atoms with E-state index in [0.29, 0.717) is 19.6 Å². The third kappa shape index (κ3) is 4.10. The van der Waals surface area contributed by atoms with E-state index in [9.17, 15) is 4.79 Å². The highest BCUT2D eigenvalue weighted by molar-refractivity contribution is 5.82. The molecule has 0 spiro atoms. The molecule has 18 heavy (non-hydrogen) atoms. The number of hydrogen-bond donors (Lipinski definition) is 1. The van der Waals surface area contributed by atoms with Crippen LogP contribution in [0.1, 0.15) is 33.6 Å². The van der Waals surface area contributed by atoms with Gasteiger partial charge in [0.15, 0.2) is 0 Å². The van der Waals surface area contributed by atoms with Gasteiger partial charge in [-0.1, -0.05) is 32.4 Å². The van der Waals surface area contributed by atoms with Crippen molar-refractivity contribution < 1.29 is 9.53 Å². The van der Waals surface area contributed by atoms with E-state index in [2.05, 4.69) is 26.8 Å². The number of carbonyl (C=O) groups excluding carboxylic acids is 1. The first kappa shape index (κ1) is 15.2. The van der Waals surface area contributed by atoms with Crippen molar-refractivity contribution in [3.05, 3.63) is 11.6 Å². The molecule has 1 aliphatic heterocycles. The molecule has 0 saturated heterocycles. The maximum absolute atomic E-state index is 12.1. The Labute approximate surface area is 110 Å². The van der Waals surface area contributed by atoms with E-state index in [-0.39, 0.29) is 11.3 Å². The normalized spacial score (nSPS) is 18.5. The molecule has 1 amide bonds. The number of rotatable bonds is 4. The van der Waals surface area contributed by atoms with Gasteiger partial charge in [-0.2, -0.15) is 0 Å². The predicted octanol–water partition coefficient (Wildman–Crippen LogP) is 1.55. The van der Waals surface area contributed by atoms with Crippen LogP contribution in [0.15, 0.2) is 11.6 Å². The highest BCUT2D eigenvalue weighted by atomic mass is 16.5. The van der Waals surface area contributed by atoms with E-state index >= 15 is 0 Å². The lowest BCUT2D eigenvalue weighted by molar-refractivity contribution is -0.132. The Morgan fingerprint density at radius 3 is 2.67 bits per heavy atom. The van der Waals surface area contributed by atoms with Crippen LogP contribution in [-0.4, -0.2) is 43.7 Å². The number of hydrogen-bond acceptors (Lipinski definition) is 3. The molecule has 0 fully saturated rings. The fourth-order valence-electron chi connectivity index (χ4n) is 2.15. The lowest BCUT2D eigenvalue weighted by Crippen LogP contribution is -2.46. The smallest absolute Gasteiger partial charge is 0.239 e. The molecule has 0 aromatic rings. The summed E-state index contributed by atoms with van der Waals surface area (Å²) in [6.07, 6.45) is 3.71. The second-order valence-corrected chi connectivity index (χ2v) is 5.90. The highest BCUT2D eigenvalue weighted by Gasteiger charge is 2.26. The van der Waals surface area contributed by atoms with Crippen LogP contribution in [0.5, 0.6) is 0 Å². The average Bonchev–Trinajstić information content (AvgIpc) is 2.34. The summed E-state index contributed by atoms with van der Waals surface area (Å²) in [6.45, 7) is 8.63. The van der Waals surface area contributed by atoms with Gasteiger partial charge in [0, 0.05) is 26.8 Å². The summed E-state index contributed by atoms with van der Waals surface area (Å²) < 4.78 is 4.95. The fraction of sp³-hybridized carbons (Fsp3) is 0.786. The van der Waals surface area contributed by atoms with E-state index in [1.54, 1.807) is 7.11 Å². The quantitative estimate of drug-likeness (QED) is 0.775. The van der Waals surface area contributed by atoms with Crippen LogP contribution in [0.3, 0.4) is 0 Å². The van der Waals surface area contributed by atoms with Crippen molar-refractivity contribution in [1.82, 2.24) is 4.90 Å². The van der Waals surface area contributed by atoms with Gasteiger partial charge in [0.05, 0.1) is 6.04 Å². The van der Waals surface area contributed by atoms with Gasteiger partial charge >= 0.3 is 0 Å². The maximum atomic E-state index is 12.1. The molecule has 4 nitrogen and oxygen atoms in total. The van der Waals surface area contributed by atoms with E-state index < -0.39 is 6.04 Å². The van der Waals surface area contributed by atoms with Gasteiger partial charge in [-0.05, 0) is 18.3 Å². The van der Waals surface area contributed by atoms with Gasteiger partial charge < -0.3 is 15.4 Å². The lowest BCUT2D eigenvalue weighted by Gasteiger charge is -2.33. The van der Waals surface area contributed by atoms with Crippen molar-refractivity contribution in [1.29, 1.82) is 0 Å². The lowest BCUT2D eigenvalue weighted by atomic mass is 9.83. The molecule has 0 aromatic carbocycles. The van der Waals surface area contributed by atoms with Crippen molar-refractivity contribution in [2.45, 2.75) is 39.7 Å². The largest absolute Gasteiger partial charge is 0.385 e. The molecule has 0 aromatic heterocycles. The van der Waals surface area contributed by atoms with Crippen molar-refractivity contribution >= 4 is 5.91 Å². The highest BCUT2D eigenvalue weighted by Crippen LogP contribution is 2.30. The number of carbonyl (C=O) groups is 1. The molecule has 0 aliphatic carbocycles. The molecule has 0 saturated carbocycles. The third-order valence-corrected chi connectivity index (χ3v) is 3.43. The Balaban J connectivity index is 2.52. The molecule has 0 bridgehead atoms. The zero-order valence-electron chi connectivity index (χ0n) is 12.0. The Bertz CT molecular complexity index is 318. The van der Waals surface area contributed by atoms with Gasteiger partial charge in [-0.25, -0.2) is 0 Å². The summed E-state index contributed by atoms with van der Waals surface area (Å²) in [5, 5.41) is 0. The van der Waals surface area contributed by atoms with Crippen LogP contribution >= 0.6 is 0 Å². The molecule has 4 heteroatoms. The van der Waals surface area contributed by atoms with Crippen molar-refractivity contribution in [2.75, 3.05) is 26.8 Å². The van der Waals surface area contributed by atoms with Crippen LogP contribution in [0, 0.1) is 5.41 Å². The van der Waals surface area contributed by atoms with E-state index in [1.807, 2.05) is 4.90 Å². The Hall–Kier alpha value is -0.870. The van der Waals surface area contributed by atoms with Crippen molar-refractivity contribution in [2.24, 2.45) is 11.1 Å². The molecular formula is C14H26N2O2. The van der Waals surface area contributed by atoms with Crippen LogP contribution in [-0.2, 0) is 9.53 Å². The molecule has 2 N–H and O–H groups in total. The van der Waals surface area contributed by atoms with Crippen molar-refractivity contribution in [3.8, 4) is 0 Å². The molecule has 1 unspecified atom stereocenters. The minimum Gasteiger partial charge on any atom is -0.385 e. The molecule has 104 valence electrons. The van der Waals surface area contributed by atoms with E-state index in [1.165, 1.54) is 5.57 Å². The summed E-state index contributed by atoms with van der Waals surface area (Å²) in [5.41, 5.74) is 7.49.